The summed E-state index contributed by atoms with van der Waals surface area (Å²) in [5.41, 5.74) is 0. The highest BCUT2D eigenvalue weighted by molar-refractivity contribution is 9.10. The van der Waals surface area contributed by atoms with Crippen LogP contribution < -0.4 is 5.32 Å². The van der Waals surface area contributed by atoms with Gasteiger partial charge in [0.15, 0.2) is 9.84 Å². The van der Waals surface area contributed by atoms with Gasteiger partial charge in [-0.2, -0.15) is 0 Å². The monoisotopic (exact) mass is 303 g/mol. The van der Waals surface area contributed by atoms with Crippen LogP contribution in [0.2, 0.25) is 0 Å². The van der Waals surface area contributed by atoms with E-state index in [0.29, 0.717) is 17.5 Å². The van der Waals surface area contributed by atoms with Crippen LogP contribution in [0.3, 0.4) is 0 Å². The molecule has 5 heteroatoms. The van der Waals surface area contributed by atoms with E-state index in [-0.39, 0.29) is 5.75 Å². The maximum atomic E-state index is 11.9. The van der Waals surface area contributed by atoms with E-state index in [9.17, 15) is 8.42 Å². The highest BCUT2D eigenvalue weighted by atomic mass is 79.9. The molecule has 1 aliphatic rings. The molecular formula is C11H14BrNO2S. The Kier molecular flexibility index (Phi) is 3.66. The lowest BCUT2D eigenvalue weighted by Gasteiger charge is -2.05. The highest BCUT2D eigenvalue weighted by Crippen LogP contribution is 2.19. The maximum Gasteiger partial charge on any atom is 0.179 e. The van der Waals surface area contributed by atoms with Crippen molar-refractivity contribution in [2.45, 2.75) is 23.8 Å². The van der Waals surface area contributed by atoms with E-state index in [1.165, 1.54) is 12.8 Å². The second-order valence-electron chi connectivity index (χ2n) is 4.00. The van der Waals surface area contributed by atoms with Gasteiger partial charge in [0.2, 0.25) is 0 Å². The minimum absolute atomic E-state index is 0.172. The maximum absolute atomic E-state index is 11.9. The number of benzene rings is 1. The van der Waals surface area contributed by atoms with Gasteiger partial charge < -0.3 is 5.32 Å². The molecule has 2 rings (SSSR count). The lowest BCUT2D eigenvalue weighted by molar-refractivity contribution is 0.590. The minimum Gasteiger partial charge on any atom is -0.313 e. The molecule has 0 aromatic heterocycles. The van der Waals surface area contributed by atoms with Crippen molar-refractivity contribution in [3.63, 3.8) is 0 Å². The summed E-state index contributed by atoms with van der Waals surface area (Å²) >= 11 is 3.28. The second-order valence-corrected chi connectivity index (χ2v) is 7.03. The molecule has 0 bridgehead atoms. The molecule has 0 amide bonds. The molecule has 3 nitrogen and oxygen atoms in total. The third kappa shape index (κ3) is 3.30. The Labute approximate surface area is 104 Å². The first kappa shape index (κ1) is 12.1. The molecule has 1 N–H and O–H groups in total. The predicted molar refractivity (Wildman–Crippen MR) is 67.2 cm³/mol. The minimum atomic E-state index is -3.13. The molecule has 0 unspecified atom stereocenters. The fourth-order valence-electron chi connectivity index (χ4n) is 1.44. The van der Waals surface area contributed by atoms with E-state index >= 15 is 0 Å². The quantitative estimate of drug-likeness (QED) is 0.905. The van der Waals surface area contributed by atoms with Crippen molar-refractivity contribution >= 4 is 25.8 Å². The predicted octanol–water partition coefficient (Wildman–Crippen LogP) is 1.97. The molecule has 0 saturated heterocycles. The fraction of sp³-hybridized carbons (Fsp3) is 0.455. The Hall–Kier alpha value is -0.390. The van der Waals surface area contributed by atoms with Crippen molar-refractivity contribution in [3.05, 3.63) is 28.7 Å². The summed E-state index contributed by atoms with van der Waals surface area (Å²) < 4.78 is 24.7. The zero-order valence-corrected chi connectivity index (χ0v) is 11.2. The Morgan fingerprint density at radius 1 is 1.25 bits per heavy atom. The lowest BCUT2D eigenvalue weighted by atomic mass is 10.4. The fourth-order valence-corrected chi connectivity index (χ4v) is 2.88. The summed E-state index contributed by atoms with van der Waals surface area (Å²) in [7, 11) is -3.13. The van der Waals surface area contributed by atoms with Crippen LogP contribution in [0.25, 0.3) is 0 Å². The first-order valence-corrected chi connectivity index (χ1v) is 7.74. The average Bonchev–Trinajstić information content (AvgIpc) is 3.02. The van der Waals surface area contributed by atoms with Gasteiger partial charge in [-0.05, 0) is 37.1 Å². The number of hydrogen-bond acceptors (Lipinski definition) is 3. The highest BCUT2D eigenvalue weighted by Gasteiger charge is 2.21. The van der Waals surface area contributed by atoms with Crippen LogP contribution in [-0.4, -0.2) is 26.8 Å². The van der Waals surface area contributed by atoms with Gasteiger partial charge in [-0.15, -0.1) is 0 Å². The summed E-state index contributed by atoms with van der Waals surface area (Å²) in [5, 5.41) is 3.21. The van der Waals surface area contributed by atoms with Gasteiger partial charge in [-0.3, -0.25) is 0 Å². The third-order valence-electron chi connectivity index (χ3n) is 2.55. The van der Waals surface area contributed by atoms with Crippen molar-refractivity contribution in [1.29, 1.82) is 0 Å². The molecule has 1 aliphatic carbocycles. The Morgan fingerprint density at radius 2 is 1.88 bits per heavy atom. The molecule has 1 aromatic carbocycles. The van der Waals surface area contributed by atoms with Crippen LogP contribution in [0.4, 0.5) is 0 Å². The largest absolute Gasteiger partial charge is 0.313 e. The molecule has 0 aliphatic heterocycles. The molecule has 16 heavy (non-hydrogen) atoms. The molecule has 0 radical (unpaired) electrons. The van der Waals surface area contributed by atoms with Crippen molar-refractivity contribution in [3.8, 4) is 0 Å². The van der Waals surface area contributed by atoms with Gasteiger partial charge in [0.25, 0.3) is 0 Å². The van der Waals surface area contributed by atoms with Crippen LogP contribution in [0.15, 0.2) is 33.6 Å². The lowest BCUT2D eigenvalue weighted by Crippen LogP contribution is -2.24. The SMILES string of the molecule is O=S(=O)(CCNC1CC1)c1ccc(Br)cc1. The Balaban J connectivity index is 1.97. The van der Waals surface area contributed by atoms with Crippen LogP contribution in [0, 0.1) is 0 Å². The van der Waals surface area contributed by atoms with E-state index in [0.717, 1.165) is 4.47 Å². The molecule has 1 fully saturated rings. The Bertz CT molecular complexity index is 451. The molecule has 1 aromatic rings. The van der Waals surface area contributed by atoms with Crippen LogP contribution in [0.5, 0.6) is 0 Å². The van der Waals surface area contributed by atoms with E-state index in [4.69, 9.17) is 0 Å². The molecule has 88 valence electrons. The van der Waals surface area contributed by atoms with Crippen molar-refractivity contribution in [2.24, 2.45) is 0 Å². The van der Waals surface area contributed by atoms with Gasteiger partial charge >= 0.3 is 0 Å². The number of halogens is 1. The summed E-state index contributed by atoms with van der Waals surface area (Å²) in [4.78, 5) is 0.397. The van der Waals surface area contributed by atoms with E-state index in [2.05, 4.69) is 21.2 Å². The number of rotatable bonds is 5. The molecule has 0 spiro atoms. The smallest absolute Gasteiger partial charge is 0.179 e. The summed E-state index contributed by atoms with van der Waals surface area (Å²) in [6.45, 7) is 0.545. The second kappa shape index (κ2) is 4.85. The third-order valence-corrected chi connectivity index (χ3v) is 4.81. The topological polar surface area (TPSA) is 46.2 Å². The van der Waals surface area contributed by atoms with E-state index in [1.807, 2.05) is 0 Å². The number of sulfone groups is 1. The number of nitrogens with one attached hydrogen (secondary N) is 1. The number of hydrogen-bond donors (Lipinski definition) is 1. The van der Waals surface area contributed by atoms with Crippen molar-refractivity contribution in [1.82, 2.24) is 5.32 Å². The van der Waals surface area contributed by atoms with Gasteiger partial charge in [0, 0.05) is 17.1 Å². The van der Waals surface area contributed by atoms with Crippen molar-refractivity contribution in [2.75, 3.05) is 12.3 Å². The normalized spacial score (nSPS) is 16.3. The molecular weight excluding hydrogens is 290 g/mol. The van der Waals surface area contributed by atoms with Crippen LogP contribution in [-0.2, 0) is 9.84 Å². The zero-order chi connectivity index (χ0) is 11.6. The first-order chi connectivity index (χ1) is 7.58. The first-order valence-electron chi connectivity index (χ1n) is 5.30. The van der Waals surface area contributed by atoms with E-state index < -0.39 is 9.84 Å². The van der Waals surface area contributed by atoms with Gasteiger partial charge in [-0.25, -0.2) is 8.42 Å². The van der Waals surface area contributed by atoms with Gasteiger partial charge in [0.05, 0.1) is 10.6 Å². The van der Waals surface area contributed by atoms with E-state index in [1.54, 1.807) is 24.3 Å². The summed E-state index contributed by atoms with van der Waals surface area (Å²) in [6.07, 6.45) is 2.36. The van der Waals surface area contributed by atoms with Gasteiger partial charge in [0.1, 0.15) is 0 Å². The standard InChI is InChI=1S/C11H14BrNO2S/c12-9-1-5-11(6-2-9)16(14,15)8-7-13-10-3-4-10/h1-2,5-6,10,13H,3-4,7-8H2. The zero-order valence-electron chi connectivity index (χ0n) is 8.82. The summed E-state index contributed by atoms with van der Waals surface area (Å²) in [6, 6.07) is 7.33. The van der Waals surface area contributed by atoms with Gasteiger partial charge in [-0.1, -0.05) is 15.9 Å². The molecule has 1 saturated carbocycles. The molecule has 0 heterocycles. The average molecular weight is 304 g/mol. The van der Waals surface area contributed by atoms with Crippen molar-refractivity contribution < 1.29 is 8.42 Å². The van der Waals surface area contributed by atoms with Crippen LogP contribution >= 0.6 is 15.9 Å². The van der Waals surface area contributed by atoms with Crippen LogP contribution in [0.1, 0.15) is 12.8 Å². The Morgan fingerprint density at radius 3 is 2.44 bits per heavy atom. The molecule has 0 atom stereocenters. The summed E-state index contributed by atoms with van der Waals surface area (Å²) in [5.74, 6) is 0.172.